The zero-order valence-electron chi connectivity index (χ0n) is 18.2. The van der Waals surface area contributed by atoms with E-state index in [-0.39, 0.29) is 12.5 Å². The zero-order valence-corrected chi connectivity index (χ0v) is 19.7. The van der Waals surface area contributed by atoms with Gasteiger partial charge in [-0.15, -0.1) is 0 Å². The van der Waals surface area contributed by atoms with Crippen molar-refractivity contribution in [3.8, 4) is 17.6 Å². The van der Waals surface area contributed by atoms with E-state index in [1.54, 1.807) is 60.7 Å². The molecule has 0 atom stereocenters. The van der Waals surface area contributed by atoms with E-state index in [1.807, 2.05) is 19.9 Å². The second-order valence-electron chi connectivity index (χ2n) is 7.12. The Labute approximate surface area is 203 Å². The van der Waals surface area contributed by atoms with Gasteiger partial charge < -0.3 is 14.8 Å². The van der Waals surface area contributed by atoms with Crippen LogP contribution in [0.5, 0.6) is 11.5 Å². The number of halogens is 2. The summed E-state index contributed by atoms with van der Waals surface area (Å²) in [5.41, 5.74) is 3.52. The molecular formula is C26H22Cl2N2O3. The summed E-state index contributed by atoms with van der Waals surface area (Å²) in [7, 11) is 0. The van der Waals surface area contributed by atoms with E-state index in [9.17, 15) is 10.1 Å². The fourth-order valence-corrected chi connectivity index (χ4v) is 3.30. The third kappa shape index (κ3) is 6.76. The fourth-order valence-electron chi connectivity index (χ4n) is 2.99. The van der Waals surface area contributed by atoms with Gasteiger partial charge in [-0.2, -0.15) is 5.26 Å². The van der Waals surface area contributed by atoms with Gasteiger partial charge >= 0.3 is 0 Å². The van der Waals surface area contributed by atoms with Crippen molar-refractivity contribution in [3.05, 3.63) is 87.4 Å². The van der Waals surface area contributed by atoms with E-state index < -0.39 is 0 Å². The van der Waals surface area contributed by atoms with E-state index >= 15 is 0 Å². The number of nitriles is 1. The number of nitrogens with one attached hydrogen (secondary N) is 1. The molecule has 3 rings (SSSR count). The minimum Gasteiger partial charge on any atom is -0.490 e. The first-order valence-electron chi connectivity index (χ1n) is 10.2. The number of hydrogen-bond donors (Lipinski definition) is 1. The van der Waals surface area contributed by atoms with E-state index in [0.717, 1.165) is 16.7 Å². The summed E-state index contributed by atoms with van der Waals surface area (Å²) in [4.78, 5) is 12.3. The molecule has 0 bridgehead atoms. The molecule has 7 heteroatoms. The van der Waals surface area contributed by atoms with Crippen LogP contribution in [-0.2, 0) is 4.79 Å². The summed E-state index contributed by atoms with van der Waals surface area (Å²) in [5.74, 6) is 0.581. The van der Waals surface area contributed by atoms with E-state index in [1.165, 1.54) is 0 Å². The Balaban J connectivity index is 1.73. The van der Waals surface area contributed by atoms with Gasteiger partial charge in [0.2, 0.25) is 0 Å². The molecule has 1 amide bonds. The van der Waals surface area contributed by atoms with Crippen LogP contribution in [0.4, 0.5) is 5.69 Å². The minimum atomic E-state index is -0.323. The maximum absolute atomic E-state index is 12.3. The molecule has 0 unspecified atom stereocenters. The highest BCUT2D eigenvalue weighted by Crippen LogP contribution is 2.30. The lowest BCUT2D eigenvalue weighted by Gasteiger charge is -2.13. The molecule has 0 aliphatic rings. The number of carbonyl (C=O) groups is 1. The molecule has 0 aliphatic heterocycles. The van der Waals surface area contributed by atoms with Crippen LogP contribution in [0.2, 0.25) is 10.0 Å². The first-order chi connectivity index (χ1) is 15.9. The lowest BCUT2D eigenvalue weighted by molar-refractivity contribution is -0.118. The second kappa shape index (κ2) is 11.4. The summed E-state index contributed by atoms with van der Waals surface area (Å²) < 4.78 is 11.4. The molecular weight excluding hydrogens is 459 g/mol. The Hall–Kier alpha value is -3.46. The van der Waals surface area contributed by atoms with Crippen LogP contribution >= 0.6 is 23.2 Å². The van der Waals surface area contributed by atoms with Crippen LogP contribution in [0.1, 0.15) is 23.6 Å². The van der Waals surface area contributed by atoms with E-state index in [4.69, 9.17) is 32.7 Å². The molecule has 0 fully saturated rings. The number of rotatable bonds is 8. The van der Waals surface area contributed by atoms with Crippen molar-refractivity contribution in [2.45, 2.75) is 13.8 Å². The number of carbonyl (C=O) groups excluding carboxylic acids is 1. The van der Waals surface area contributed by atoms with Gasteiger partial charge in [0, 0.05) is 15.7 Å². The van der Waals surface area contributed by atoms with Crippen LogP contribution in [0.3, 0.4) is 0 Å². The molecule has 168 valence electrons. The molecule has 0 aliphatic carbocycles. The molecule has 0 radical (unpaired) electrons. The SMILES string of the molecule is CCOc1cc(/C=C(\C#N)c2ccc(Cl)cc2)ccc1OCC(=O)Nc1ccc(C)c(Cl)c1. The molecule has 0 heterocycles. The Kier molecular flexibility index (Phi) is 8.37. The van der Waals surface area contributed by atoms with Crippen molar-refractivity contribution in [1.29, 1.82) is 5.26 Å². The standard InChI is InChI=1S/C26H22Cl2N2O3/c1-3-32-25-13-18(12-20(15-29)19-6-8-21(27)9-7-19)5-11-24(25)33-16-26(31)30-22-10-4-17(2)23(28)14-22/h4-14H,3,16H2,1-2H3,(H,30,31)/b20-12+. The molecule has 0 saturated heterocycles. The Morgan fingerprint density at radius 3 is 2.45 bits per heavy atom. The quantitative estimate of drug-likeness (QED) is 0.284. The molecule has 1 N–H and O–H groups in total. The Morgan fingerprint density at radius 2 is 1.79 bits per heavy atom. The van der Waals surface area contributed by atoms with Gasteiger partial charge in [0.05, 0.1) is 18.2 Å². The summed E-state index contributed by atoms with van der Waals surface area (Å²) in [5, 5.41) is 13.5. The molecule has 3 aromatic carbocycles. The number of allylic oxidation sites excluding steroid dienone is 1. The average Bonchev–Trinajstić information content (AvgIpc) is 2.80. The van der Waals surface area contributed by atoms with Crippen molar-refractivity contribution in [3.63, 3.8) is 0 Å². The molecule has 33 heavy (non-hydrogen) atoms. The monoisotopic (exact) mass is 480 g/mol. The molecule has 3 aromatic rings. The average molecular weight is 481 g/mol. The number of ether oxygens (including phenoxy) is 2. The largest absolute Gasteiger partial charge is 0.490 e. The zero-order chi connectivity index (χ0) is 23.8. The molecule has 0 spiro atoms. The molecule has 5 nitrogen and oxygen atoms in total. The first kappa shape index (κ1) is 24.2. The number of hydrogen-bond acceptors (Lipinski definition) is 4. The summed E-state index contributed by atoms with van der Waals surface area (Å²) >= 11 is 12.0. The van der Waals surface area contributed by atoms with Crippen LogP contribution in [0.25, 0.3) is 11.6 Å². The second-order valence-corrected chi connectivity index (χ2v) is 7.96. The highest BCUT2D eigenvalue weighted by molar-refractivity contribution is 6.31. The number of nitrogens with zero attached hydrogens (tertiary/aromatic N) is 1. The minimum absolute atomic E-state index is 0.199. The maximum Gasteiger partial charge on any atom is 0.262 e. The normalized spacial score (nSPS) is 10.9. The van der Waals surface area contributed by atoms with Gasteiger partial charge in [-0.1, -0.05) is 47.5 Å². The third-order valence-electron chi connectivity index (χ3n) is 4.67. The number of aryl methyl sites for hydroxylation is 1. The predicted molar refractivity (Wildman–Crippen MR) is 133 cm³/mol. The molecule has 0 saturated carbocycles. The van der Waals surface area contributed by atoms with Crippen molar-refractivity contribution < 1.29 is 14.3 Å². The number of anilines is 1. The topological polar surface area (TPSA) is 71.3 Å². The number of amides is 1. The van der Waals surface area contributed by atoms with E-state index in [2.05, 4.69) is 11.4 Å². The first-order valence-corrected chi connectivity index (χ1v) is 11.0. The van der Waals surface area contributed by atoms with Crippen molar-refractivity contribution in [1.82, 2.24) is 0 Å². The Bertz CT molecular complexity index is 1220. The van der Waals surface area contributed by atoms with Gasteiger partial charge in [-0.3, -0.25) is 4.79 Å². The van der Waals surface area contributed by atoms with Crippen molar-refractivity contribution in [2.75, 3.05) is 18.5 Å². The van der Waals surface area contributed by atoms with Crippen LogP contribution in [0.15, 0.2) is 60.7 Å². The maximum atomic E-state index is 12.3. The smallest absolute Gasteiger partial charge is 0.262 e. The predicted octanol–water partition coefficient (Wildman–Crippen LogP) is 6.78. The molecule has 0 aromatic heterocycles. The lowest BCUT2D eigenvalue weighted by atomic mass is 10.0. The van der Waals surface area contributed by atoms with Gasteiger partial charge in [0.15, 0.2) is 18.1 Å². The summed E-state index contributed by atoms with van der Waals surface area (Å²) in [6.45, 7) is 3.96. The van der Waals surface area contributed by atoms with Crippen LogP contribution < -0.4 is 14.8 Å². The van der Waals surface area contributed by atoms with Gasteiger partial charge in [0.1, 0.15) is 0 Å². The number of benzene rings is 3. The van der Waals surface area contributed by atoms with Crippen LogP contribution in [-0.4, -0.2) is 19.1 Å². The lowest BCUT2D eigenvalue weighted by Crippen LogP contribution is -2.20. The van der Waals surface area contributed by atoms with Crippen molar-refractivity contribution >= 4 is 46.4 Å². The summed E-state index contributed by atoms with van der Waals surface area (Å²) in [6, 6.07) is 19.8. The highest BCUT2D eigenvalue weighted by atomic mass is 35.5. The third-order valence-corrected chi connectivity index (χ3v) is 5.33. The van der Waals surface area contributed by atoms with Crippen molar-refractivity contribution in [2.24, 2.45) is 0 Å². The van der Waals surface area contributed by atoms with E-state index in [0.29, 0.717) is 39.4 Å². The van der Waals surface area contributed by atoms with Gasteiger partial charge in [-0.25, -0.2) is 0 Å². The van der Waals surface area contributed by atoms with Gasteiger partial charge in [0.25, 0.3) is 5.91 Å². The Morgan fingerprint density at radius 1 is 1.03 bits per heavy atom. The van der Waals surface area contributed by atoms with Gasteiger partial charge in [-0.05, 0) is 73.0 Å². The fraction of sp³-hybridized carbons (Fsp3) is 0.154. The van der Waals surface area contributed by atoms with Crippen LogP contribution in [0, 0.1) is 18.3 Å². The highest BCUT2D eigenvalue weighted by Gasteiger charge is 2.11. The summed E-state index contributed by atoms with van der Waals surface area (Å²) in [6.07, 6.45) is 1.75.